The molecule has 2 radical (unpaired) electrons. The van der Waals surface area contributed by atoms with Gasteiger partial charge < -0.3 is 43.1 Å². The number of hydrogen-bond donors (Lipinski definition) is 0. The molecular weight excluding hydrogens is 1170 g/mol. The van der Waals surface area contributed by atoms with Crippen LogP contribution in [-0.2, 0) is 13.7 Å². The molecule has 0 aromatic heterocycles. The Kier molecular flexibility index (Phi) is 20.5. The second kappa shape index (κ2) is 25.3. The minimum Gasteiger partial charge on any atom is -0.807 e. The first kappa shape index (κ1) is 55.1. The van der Waals surface area contributed by atoms with Crippen LogP contribution in [0.5, 0.6) is 0 Å². The fourth-order valence-corrected chi connectivity index (χ4v) is 9.98. The molecular formula is C54H39Nd2O9P3. The molecule has 0 bridgehead atoms. The molecule has 0 N–H and O–H groups in total. The van der Waals surface area contributed by atoms with Gasteiger partial charge in [-0.15, -0.1) is 0 Å². The minimum absolute atomic E-state index is 0. The van der Waals surface area contributed by atoms with E-state index in [2.05, 4.69) is 0 Å². The van der Waals surface area contributed by atoms with Gasteiger partial charge in [0.05, 0.1) is 0 Å². The average Bonchev–Trinajstić information content (AvgIpc) is 3.34. The molecule has 68 heavy (non-hydrogen) atoms. The first-order valence-corrected chi connectivity index (χ1v) is 25.1. The molecule has 0 atom stereocenters. The van der Waals surface area contributed by atoms with E-state index >= 15 is 0 Å². The zero-order chi connectivity index (χ0) is 46.7. The van der Waals surface area contributed by atoms with Crippen LogP contribution in [0.15, 0.2) is 237 Å². The fraction of sp³-hybridized carbons (Fsp3) is 0. The SMILES string of the molecule is O=P([O-])([O-])c1cccc(-c2ccccc2)c1-c1ccccc1.O=P([O-])([O-])c1cccc(-c2ccccc2)c1-c1ccccc1.O=P([O-])([O-])c1cccc(-c2ccccc2)c1-c1ccccc1.[Nd+3].[Nd+3]. The predicted molar refractivity (Wildman–Crippen MR) is 254 cm³/mol. The smallest absolute Gasteiger partial charge is 0.807 e. The molecule has 0 unspecified atom stereocenters. The molecule has 0 amide bonds. The maximum Gasteiger partial charge on any atom is 3.00 e. The summed E-state index contributed by atoms with van der Waals surface area (Å²) in [6, 6.07) is 70.0. The molecule has 332 valence electrons. The van der Waals surface area contributed by atoms with Crippen molar-refractivity contribution in [3.8, 4) is 66.8 Å². The van der Waals surface area contributed by atoms with Gasteiger partial charge in [-0.1, -0.05) is 237 Å². The van der Waals surface area contributed by atoms with Gasteiger partial charge in [-0.3, -0.25) is 0 Å². The third-order valence-electron chi connectivity index (χ3n) is 10.5. The van der Waals surface area contributed by atoms with E-state index < -0.39 is 22.8 Å². The minimum atomic E-state index is -4.87. The van der Waals surface area contributed by atoms with E-state index in [1.807, 2.05) is 164 Å². The van der Waals surface area contributed by atoms with E-state index in [0.29, 0.717) is 33.4 Å². The summed E-state index contributed by atoms with van der Waals surface area (Å²) in [7, 11) is -14.6. The first-order valence-electron chi connectivity index (χ1n) is 20.5. The van der Waals surface area contributed by atoms with Crippen molar-refractivity contribution in [2.75, 3.05) is 0 Å². The summed E-state index contributed by atoms with van der Waals surface area (Å²) in [5, 5.41) is -0.500. The van der Waals surface area contributed by atoms with Crippen molar-refractivity contribution in [2.24, 2.45) is 0 Å². The monoisotopic (exact) mass is 1210 g/mol. The molecule has 0 aliphatic heterocycles. The molecule has 14 heteroatoms. The summed E-state index contributed by atoms with van der Waals surface area (Å²) in [5.74, 6) is 0. The molecule has 0 spiro atoms. The number of benzene rings is 9. The van der Waals surface area contributed by atoms with Crippen molar-refractivity contribution < 1.29 is 125 Å². The summed E-state index contributed by atoms with van der Waals surface area (Å²) < 4.78 is 35.0. The van der Waals surface area contributed by atoms with E-state index in [1.165, 1.54) is 18.2 Å². The van der Waals surface area contributed by atoms with Crippen molar-refractivity contribution in [1.29, 1.82) is 0 Å². The Morgan fingerprint density at radius 1 is 0.221 bits per heavy atom. The Balaban J connectivity index is 0.000000188. The summed E-state index contributed by atoms with van der Waals surface area (Å²) in [6.07, 6.45) is 0. The van der Waals surface area contributed by atoms with Crippen LogP contribution < -0.4 is 45.3 Å². The molecule has 9 rings (SSSR count). The molecule has 0 aliphatic carbocycles. The van der Waals surface area contributed by atoms with Gasteiger partial charge in [-0.05, 0) is 105 Å². The van der Waals surface area contributed by atoms with Crippen LogP contribution in [0.1, 0.15) is 0 Å². The van der Waals surface area contributed by atoms with Crippen LogP contribution in [0.2, 0.25) is 0 Å². The van der Waals surface area contributed by atoms with Crippen molar-refractivity contribution in [3.63, 3.8) is 0 Å². The van der Waals surface area contributed by atoms with Crippen LogP contribution >= 0.6 is 22.8 Å². The van der Waals surface area contributed by atoms with Crippen LogP contribution in [0.4, 0.5) is 0 Å². The molecule has 9 aromatic rings. The summed E-state index contributed by atoms with van der Waals surface area (Å²) in [6.45, 7) is 0. The second-order valence-corrected chi connectivity index (χ2v) is 19.2. The Bertz CT molecular complexity index is 2830. The van der Waals surface area contributed by atoms with Gasteiger partial charge in [0.1, 0.15) is 0 Å². The Labute approximate surface area is 461 Å². The van der Waals surface area contributed by atoms with Crippen molar-refractivity contribution in [2.45, 2.75) is 0 Å². The molecule has 9 nitrogen and oxygen atoms in total. The molecule has 0 saturated heterocycles. The average molecular weight is 1210 g/mol. The standard InChI is InChI=1S/3C18H15O3P.2Nd/c3*19-22(20,21)17-13-7-12-16(14-8-3-1-4-9-14)18(17)15-10-5-2-6-11-15;;/h3*1-13H,(H2,19,20,21);;/q;;;2*+3/p-6. The maximum absolute atomic E-state index is 11.7. The number of hydrogen-bond acceptors (Lipinski definition) is 9. The van der Waals surface area contributed by atoms with Crippen LogP contribution in [0.3, 0.4) is 0 Å². The number of rotatable bonds is 9. The van der Waals surface area contributed by atoms with Gasteiger partial charge in [0.25, 0.3) is 0 Å². The molecule has 0 heterocycles. The third-order valence-corrected chi connectivity index (χ3v) is 13.3. The van der Waals surface area contributed by atoms with Gasteiger partial charge in [-0.25, -0.2) is 0 Å². The quantitative estimate of drug-likeness (QED) is 0.131. The van der Waals surface area contributed by atoms with E-state index in [-0.39, 0.29) is 97.6 Å². The van der Waals surface area contributed by atoms with Gasteiger partial charge in [0, 0.05) is 0 Å². The molecule has 0 aliphatic rings. The van der Waals surface area contributed by atoms with E-state index in [4.69, 9.17) is 0 Å². The zero-order valence-electron chi connectivity index (χ0n) is 36.0. The second-order valence-electron chi connectivity index (χ2n) is 14.8. The van der Waals surface area contributed by atoms with Crippen molar-refractivity contribution in [3.05, 3.63) is 237 Å². The third kappa shape index (κ3) is 14.1. The predicted octanol–water partition coefficient (Wildman–Crippen LogP) is 7.68. The molecule has 9 aromatic carbocycles. The van der Waals surface area contributed by atoms with Gasteiger partial charge >= 0.3 is 81.7 Å². The Hall–Kier alpha value is -3.87. The van der Waals surface area contributed by atoms with E-state index in [9.17, 15) is 43.1 Å². The normalized spacial score (nSPS) is 11.0. The first-order chi connectivity index (χ1) is 31.7. The van der Waals surface area contributed by atoms with Gasteiger partial charge in [-0.2, -0.15) is 0 Å². The van der Waals surface area contributed by atoms with Crippen LogP contribution in [0, 0.1) is 81.7 Å². The largest absolute Gasteiger partial charge is 3.00 e. The summed E-state index contributed by atoms with van der Waals surface area (Å²) in [4.78, 5) is 70.1. The maximum atomic E-state index is 11.7. The molecule has 0 saturated carbocycles. The van der Waals surface area contributed by atoms with Crippen molar-refractivity contribution >= 4 is 38.7 Å². The Morgan fingerprint density at radius 2 is 0.397 bits per heavy atom. The van der Waals surface area contributed by atoms with Gasteiger partial charge in [0.15, 0.2) is 0 Å². The van der Waals surface area contributed by atoms with Crippen molar-refractivity contribution in [1.82, 2.24) is 0 Å². The van der Waals surface area contributed by atoms with E-state index in [1.54, 1.807) is 54.6 Å². The van der Waals surface area contributed by atoms with Crippen LogP contribution in [-0.4, -0.2) is 0 Å². The molecule has 0 fully saturated rings. The van der Waals surface area contributed by atoms with Gasteiger partial charge in [0.2, 0.25) is 0 Å². The fourth-order valence-electron chi connectivity index (χ4n) is 7.60. The Morgan fingerprint density at radius 3 is 0.574 bits per heavy atom. The summed E-state index contributed by atoms with van der Waals surface area (Å²) in [5.41, 5.74) is 8.33. The van der Waals surface area contributed by atoms with Crippen LogP contribution in [0.25, 0.3) is 66.8 Å². The van der Waals surface area contributed by atoms with E-state index in [0.717, 1.165) is 33.4 Å². The zero-order valence-corrected chi connectivity index (χ0v) is 45.1. The summed E-state index contributed by atoms with van der Waals surface area (Å²) >= 11 is 0. The topological polar surface area (TPSA) is 190 Å².